The normalized spacial score (nSPS) is 24.5. The summed E-state index contributed by atoms with van der Waals surface area (Å²) in [5.74, 6) is 1.55. The smallest absolute Gasteiger partial charge is 0.260 e. The number of anilines is 1. The van der Waals surface area contributed by atoms with Crippen molar-refractivity contribution in [2.45, 2.75) is 44.4 Å². The Bertz CT molecular complexity index is 1270. The zero-order chi connectivity index (χ0) is 27.7. The van der Waals surface area contributed by atoms with E-state index in [-0.39, 0.29) is 23.8 Å². The number of aryl methyl sites for hydroxylation is 2. The van der Waals surface area contributed by atoms with Gasteiger partial charge in [0.05, 0.1) is 19.1 Å². The molecule has 3 fully saturated rings. The molecule has 1 saturated carbocycles. The zero-order valence-electron chi connectivity index (χ0n) is 23.6. The molecule has 0 N–H and O–H groups in total. The molecule has 0 radical (unpaired) electrons. The fourth-order valence-electron chi connectivity index (χ4n) is 6.10. The molecule has 3 aliphatic rings. The van der Waals surface area contributed by atoms with Crippen molar-refractivity contribution < 1.29 is 19.1 Å². The quantitative estimate of drug-likeness (QED) is 0.502. The number of carbonyl (C=O) groups is 2. The molecule has 0 bridgehead atoms. The molecule has 2 aromatic carbocycles. The largest absolute Gasteiger partial charge is 0.493 e. The van der Waals surface area contributed by atoms with E-state index in [4.69, 9.17) is 9.47 Å². The summed E-state index contributed by atoms with van der Waals surface area (Å²) in [5, 5.41) is 0.296. The number of nitrogens with zero attached hydrogens (tertiary/aromatic N) is 3. The Morgan fingerprint density at radius 2 is 1.72 bits per heavy atom. The second kappa shape index (κ2) is 11.5. The number of fused-ring (bicyclic) bond motifs is 1. The number of piperazine rings is 1. The Kier molecular flexibility index (Phi) is 8.12. The minimum Gasteiger partial charge on any atom is -0.493 e. The molecule has 3 atom stereocenters. The average Bonchev–Trinajstić information content (AvgIpc) is 2.96. The van der Waals surface area contributed by atoms with Crippen molar-refractivity contribution in [2.24, 2.45) is 5.92 Å². The summed E-state index contributed by atoms with van der Waals surface area (Å²) in [4.78, 5) is 34.0. The van der Waals surface area contributed by atoms with Crippen LogP contribution >= 0.6 is 11.8 Å². The van der Waals surface area contributed by atoms with Gasteiger partial charge in [-0.25, -0.2) is 0 Å². The Hall–Kier alpha value is -3.13. The molecule has 3 unspecified atom stereocenters. The van der Waals surface area contributed by atoms with E-state index in [2.05, 4.69) is 36.9 Å². The van der Waals surface area contributed by atoms with Gasteiger partial charge in [0.1, 0.15) is 0 Å². The van der Waals surface area contributed by atoms with Gasteiger partial charge >= 0.3 is 0 Å². The van der Waals surface area contributed by atoms with Crippen LogP contribution in [0.15, 0.2) is 41.3 Å². The van der Waals surface area contributed by atoms with Gasteiger partial charge in [-0.1, -0.05) is 18.2 Å². The number of thioether (sulfide) groups is 1. The highest BCUT2D eigenvalue weighted by Gasteiger charge is 2.43. The molecule has 7 nitrogen and oxygen atoms in total. The van der Waals surface area contributed by atoms with E-state index in [0.29, 0.717) is 16.7 Å². The van der Waals surface area contributed by atoms with Crippen LogP contribution in [0.5, 0.6) is 11.5 Å². The number of hydrogen-bond donors (Lipinski definition) is 0. The molecule has 39 heavy (non-hydrogen) atoms. The molecule has 2 amide bonds. The summed E-state index contributed by atoms with van der Waals surface area (Å²) in [5.41, 5.74) is 4.72. The number of carbonyl (C=O) groups excluding carboxylic acids is 2. The minimum absolute atomic E-state index is 0.0197. The molecule has 8 heteroatoms. The van der Waals surface area contributed by atoms with Gasteiger partial charge in [0.2, 0.25) is 5.91 Å². The Morgan fingerprint density at radius 1 is 0.974 bits per heavy atom. The number of benzene rings is 2. The highest BCUT2D eigenvalue weighted by Crippen LogP contribution is 2.44. The average molecular weight is 550 g/mol. The van der Waals surface area contributed by atoms with Crippen molar-refractivity contribution in [1.29, 1.82) is 0 Å². The number of methoxy groups -OCH3 is 2. The van der Waals surface area contributed by atoms with Gasteiger partial charge in [0.15, 0.2) is 11.5 Å². The lowest BCUT2D eigenvalue weighted by Crippen LogP contribution is -2.55. The topological polar surface area (TPSA) is 62.3 Å². The monoisotopic (exact) mass is 549 g/mol. The summed E-state index contributed by atoms with van der Waals surface area (Å²) in [6, 6.07) is 12.3. The van der Waals surface area contributed by atoms with Crippen LogP contribution in [0.3, 0.4) is 0 Å². The van der Waals surface area contributed by atoms with Crippen LogP contribution < -0.4 is 14.4 Å². The molecule has 2 aliphatic heterocycles. The molecular formula is C31H39N3O4S. The second-order valence-electron chi connectivity index (χ2n) is 10.9. The predicted octanol–water partition coefficient (Wildman–Crippen LogP) is 4.75. The Balaban J connectivity index is 1.21. The van der Waals surface area contributed by atoms with E-state index in [9.17, 15) is 9.59 Å². The molecule has 5 rings (SSSR count). The van der Waals surface area contributed by atoms with Gasteiger partial charge in [-0.15, -0.1) is 11.8 Å². The molecule has 2 heterocycles. The summed E-state index contributed by atoms with van der Waals surface area (Å²) in [6.07, 6.45) is 4.47. The van der Waals surface area contributed by atoms with Crippen LogP contribution in [-0.4, -0.2) is 80.4 Å². The Morgan fingerprint density at radius 3 is 2.44 bits per heavy atom. The molecule has 208 valence electrons. The SMILES string of the molecule is COc1ccc(/C=C2\SC3CCC(C(=O)N4CCN(c5cc(C)ccc5C)CC4)CC3N(C)C2=O)cc1OC. The lowest BCUT2D eigenvalue weighted by molar-refractivity contribution is -0.139. The van der Waals surface area contributed by atoms with Crippen molar-refractivity contribution in [2.75, 3.05) is 52.3 Å². The fourth-order valence-corrected chi connectivity index (χ4v) is 7.58. The maximum Gasteiger partial charge on any atom is 0.260 e. The van der Waals surface area contributed by atoms with Crippen molar-refractivity contribution in [3.8, 4) is 11.5 Å². The Labute approximate surface area is 236 Å². The van der Waals surface area contributed by atoms with E-state index >= 15 is 0 Å². The predicted molar refractivity (Wildman–Crippen MR) is 158 cm³/mol. The molecule has 0 aromatic heterocycles. The molecule has 2 saturated heterocycles. The third-order valence-electron chi connectivity index (χ3n) is 8.41. The summed E-state index contributed by atoms with van der Waals surface area (Å²) in [6.45, 7) is 7.48. The van der Waals surface area contributed by atoms with E-state index < -0.39 is 0 Å². The summed E-state index contributed by atoms with van der Waals surface area (Å²) < 4.78 is 10.8. The van der Waals surface area contributed by atoms with Gasteiger partial charge in [-0.3, -0.25) is 9.59 Å². The lowest BCUT2D eigenvalue weighted by Gasteiger charge is -2.45. The van der Waals surface area contributed by atoms with Crippen LogP contribution in [0.25, 0.3) is 6.08 Å². The van der Waals surface area contributed by atoms with Crippen LogP contribution in [0.4, 0.5) is 5.69 Å². The number of amides is 2. The zero-order valence-corrected chi connectivity index (χ0v) is 24.4. The van der Waals surface area contributed by atoms with Crippen LogP contribution in [0, 0.1) is 19.8 Å². The van der Waals surface area contributed by atoms with E-state index in [1.54, 1.807) is 26.0 Å². The first-order valence-corrected chi connectivity index (χ1v) is 14.7. The lowest BCUT2D eigenvalue weighted by atomic mass is 9.83. The summed E-state index contributed by atoms with van der Waals surface area (Å²) >= 11 is 1.66. The van der Waals surface area contributed by atoms with Crippen LogP contribution in [0.2, 0.25) is 0 Å². The van der Waals surface area contributed by atoms with Crippen LogP contribution in [0.1, 0.15) is 36.0 Å². The highest BCUT2D eigenvalue weighted by molar-refractivity contribution is 8.04. The molecule has 2 aromatic rings. The standard InChI is InChI=1S/C31H39N3O4S/c1-20-6-7-21(2)24(16-20)33-12-14-34(15-13-33)30(35)23-9-11-28-25(19-23)32(3)31(36)29(39-28)18-22-8-10-26(37-4)27(17-22)38-5/h6-8,10,16-18,23,25,28H,9,11-15,19H2,1-5H3/b29-18-. The minimum atomic E-state index is -0.0225. The maximum atomic E-state index is 13.6. The first kappa shape index (κ1) is 27.4. The van der Waals surface area contributed by atoms with E-state index in [1.165, 1.54) is 16.8 Å². The first-order chi connectivity index (χ1) is 18.8. The second-order valence-corrected chi connectivity index (χ2v) is 12.2. The van der Waals surface area contributed by atoms with E-state index in [1.807, 2.05) is 41.1 Å². The van der Waals surface area contributed by atoms with E-state index in [0.717, 1.165) is 55.9 Å². The van der Waals surface area contributed by atoms with Crippen molar-refractivity contribution in [3.05, 3.63) is 58.0 Å². The molecular weight excluding hydrogens is 510 g/mol. The van der Waals surface area contributed by atoms with Crippen molar-refractivity contribution in [1.82, 2.24) is 9.80 Å². The van der Waals surface area contributed by atoms with Gasteiger partial charge < -0.3 is 24.2 Å². The number of rotatable bonds is 5. The first-order valence-electron chi connectivity index (χ1n) is 13.8. The highest BCUT2D eigenvalue weighted by atomic mass is 32.2. The number of hydrogen-bond acceptors (Lipinski definition) is 6. The third kappa shape index (κ3) is 5.62. The molecule has 0 spiro atoms. The summed E-state index contributed by atoms with van der Waals surface area (Å²) in [7, 11) is 5.11. The maximum absolute atomic E-state index is 13.6. The van der Waals surface area contributed by atoms with Crippen molar-refractivity contribution >= 4 is 35.3 Å². The van der Waals surface area contributed by atoms with Gasteiger partial charge in [0.25, 0.3) is 5.91 Å². The molecule has 1 aliphatic carbocycles. The third-order valence-corrected chi connectivity index (χ3v) is 9.81. The van der Waals surface area contributed by atoms with Gasteiger partial charge in [0, 0.05) is 56.1 Å². The van der Waals surface area contributed by atoms with Crippen molar-refractivity contribution in [3.63, 3.8) is 0 Å². The van der Waals surface area contributed by atoms with Gasteiger partial charge in [-0.2, -0.15) is 0 Å². The number of likely N-dealkylation sites (N-methyl/N-ethyl adjacent to an activating group) is 1. The number of ether oxygens (including phenoxy) is 2. The van der Waals surface area contributed by atoms with Gasteiger partial charge in [-0.05, 0) is 74.1 Å². The fraction of sp³-hybridized carbons (Fsp3) is 0.484. The van der Waals surface area contributed by atoms with Crippen LogP contribution in [-0.2, 0) is 9.59 Å².